The maximum absolute atomic E-state index is 12.1. The zero-order valence-corrected chi connectivity index (χ0v) is 32.8. The van der Waals surface area contributed by atoms with E-state index in [-0.39, 0.29) is 81.7 Å². The van der Waals surface area contributed by atoms with Gasteiger partial charge in [0, 0.05) is 18.5 Å². The third-order valence-electron chi connectivity index (χ3n) is 9.10. The van der Waals surface area contributed by atoms with Crippen LogP contribution in [0.4, 0.5) is 0 Å². The number of rotatable bonds is 19. The Bertz CT molecular complexity index is 1960. The van der Waals surface area contributed by atoms with E-state index in [1.807, 2.05) is 48.5 Å². The van der Waals surface area contributed by atoms with Crippen LogP contribution in [-0.4, -0.2) is 106 Å². The summed E-state index contributed by atoms with van der Waals surface area (Å²) in [5, 5.41) is 19.3. The third kappa shape index (κ3) is 13.6. The number of hydrogen-bond donors (Lipinski definition) is 6. The van der Waals surface area contributed by atoms with Gasteiger partial charge in [0.25, 0.3) is 0 Å². The zero-order chi connectivity index (χ0) is 41.9. The lowest BCUT2D eigenvalue weighted by molar-refractivity contribution is -0.144. The second-order valence-electron chi connectivity index (χ2n) is 13.6. The van der Waals surface area contributed by atoms with E-state index >= 15 is 0 Å². The zero-order valence-electron chi connectivity index (χ0n) is 32.8. The SMILES string of the molecule is CC(=O)CNCC(=O)CNCC(=O)OCC1c2ccccc2-c2ccccc21.CC(=O)CNCN.O=C(O)CNCC(=O)OCC1c2ccccc2-c2ccccc21. The van der Waals surface area contributed by atoms with Gasteiger partial charge in [-0.3, -0.25) is 39.4 Å². The Morgan fingerprint density at radius 3 is 1.16 bits per heavy atom. The van der Waals surface area contributed by atoms with Crippen LogP contribution in [0.2, 0.25) is 0 Å². The van der Waals surface area contributed by atoms with E-state index in [4.69, 9.17) is 20.3 Å². The minimum Gasteiger partial charge on any atom is -0.480 e. The van der Waals surface area contributed by atoms with E-state index in [2.05, 4.69) is 69.8 Å². The predicted molar refractivity (Wildman–Crippen MR) is 219 cm³/mol. The molecule has 0 atom stereocenters. The van der Waals surface area contributed by atoms with Gasteiger partial charge in [0.05, 0.1) is 45.8 Å². The lowest BCUT2D eigenvalue weighted by atomic mass is 9.98. The van der Waals surface area contributed by atoms with Crippen LogP contribution in [0.25, 0.3) is 22.3 Å². The Kier molecular flexibility index (Phi) is 18.0. The number of nitrogens with one attached hydrogen (secondary N) is 4. The lowest BCUT2D eigenvalue weighted by Gasteiger charge is -2.14. The number of carboxylic acid groups (broad SMARTS) is 1. The van der Waals surface area contributed by atoms with Crippen molar-refractivity contribution in [3.63, 3.8) is 0 Å². The number of fused-ring (bicyclic) bond motifs is 6. The largest absolute Gasteiger partial charge is 0.480 e. The monoisotopic (exact) mass is 793 g/mol. The average Bonchev–Trinajstić information content (AvgIpc) is 3.71. The van der Waals surface area contributed by atoms with Gasteiger partial charge in [0.1, 0.15) is 24.8 Å². The van der Waals surface area contributed by atoms with Crippen molar-refractivity contribution in [1.82, 2.24) is 21.3 Å². The molecule has 2 aliphatic carbocycles. The normalized spacial score (nSPS) is 12.0. The quantitative estimate of drug-likeness (QED) is 0.0595. The first-order valence-electron chi connectivity index (χ1n) is 18.9. The smallest absolute Gasteiger partial charge is 0.319 e. The van der Waals surface area contributed by atoms with Gasteiger partial charge in [-0.1, -0.05) is 97.1 Å². The summed E-state index contributed by atoms with van der Waals surface area (Å²) in [5.41, 5.74) is 14.4. The second-order valence-corrected chi connectivity index (χ2v) is 13.6. The predicted octanol–water partition coefficient (Wildman–Crippen LogP) is 2.78. The van der Waals surface area contributed by atoms with Gasteiger partial charge in [-0.05, 0) is 58.4 Å². The number of aliphatic carboxylic acids is 1. The van der Waals surface area contributed by atoms with Crippen LogP contribution in [0.15, 0.2) is 97.1 Å². The number of carbonyl (C=O) groups is 6. The fraction of sp³-hybridized carbons (Fsp3) is 0.318. The molecule has 0 fully saturated rings. The van der Waals surface area contributed by atoms with Crippen LogP contribution in [-0.2, 0) is 38.2 Å². The summed E-state index contributed by atoms with van der Waals surface area (Å²) in [6.45, 7) is 4.15. The molecule has 0 heterocycles. The Balaban J connectivity index is 0.000000223. The molecule has 0 amide bonds. The summed E-state index contributed by atoms with van der Waals surface area (Å²) in [5.74, 6) is -1.84. The molecule has 4 aromatic rings. The molecule has 4 aromatic carbocycles. The number of benzene rings is 4. The molecule has 7 N–H and O–H groups in total. The minimum atomic E-state index is -1.00. The number of esters is 2. The number of carboxylic acids is 1. The van der Waals surface area contributed by atoms with E-state index in [1.165, 1.54) is 36.1 Å². The Morgan fingerprint density at radius 1 is 0.500 bits per heavy atom. The van der Waals surface area contributed by atoms with Gasteiger partial charge < -0.3 is 30.9 Å². The van der Waals surface area contributed by atoms with Gasteiger partial charge in [-0.15, -0.1) is 0 Å². The van der Waals surface area contributed by atoms with Gasteiger partial charge >= 0.3 is 17.9 Å². The lowest BCUT2D eigenvalue weighted by Crippen LogP contribution is -2.36. The summed E-state index contributed by atoms with van der Waals surface area (Å²) in [7, 11) is 0. The van der Waals surface area contributed by atoms with Crippen LogP contribution in [0, 0.1) is 0 Å². The highest BCUT2D eigenvalue weighted by molar-refractivity contribution is 5.85. The van der Waals surface area contributed by atoms with Gasteiger partial charge in [0.15, 0.2) is 5.78 Å². The highest BCUT2D eigenvalue weighted by Crippen LogP contribution is 2.45. The number of hydrogen-bond acceptors (Lipinski definition) is 13. The van der Waals surface area contributed by atoms with Gasteiger partial charge in [-0.25, -0.2) is 0 Å². The standard InChI is InChI=1S/C22H24N2O4.C18H17NO4.C4H10N2O/c1-15(25)10-23-11-16(26)12-24-13-22(27)28-14-21-19-8-4-2-6-17(19)18-7-3-5-9-20(18)21;20-17(21)9-19-10-18(22)23-11-16-14-7-3-1-5-12(14)13-6-2-4-8-15(13)16;1-4(7)2-6-3-5/h2-9,21,23-24H,10-14H2,1H3;1-8,16,19H,9-11H2,(H,20,21);6H,2-3,5H2,1H3. The van der Waals surface area contributed by atoms with Crippen molar-refractivity contribution in [3.05, 3.63) is 119 Å². The third-order valence-corrected chi connectivity index (χ3v) is 9.10. The van der Waals surface area contributed by atoms with E-state index in [0.717, 1.165) is 22.3 Å². The molecular formula is C44H51N5O9. The molecule has 0 spiro atoms. The van der Waals surface area contributed by atoms with Crippen LogP contribution >= 0.6 is 0 Å². The molecule has 0 radical (unpaired) electrons. The van der Waals surface area contributed by atoms with Crippen LogP contribution in [0.5, 0.6) is 0 Å². The maximum atomic E-state index is 12.1. The van der Waals surface area contributed by atoms with Crippen molar-refractivity contribution >= 4 is 35.3 Å². The topological polar surface area (TPSA) is 215 Å². The number of ether oxygens (including phenoxy) is 2. The first-order valence-corrected chi connectivity index (χ1v) is 18.9. The number of carbonyl (C=O) groups excluding carboxylic acids is 5. The van der Waals surface area contributed by atoms with Crippen molar-refractivity contribution in [1.29, 1.82) is 0 Å². The molecule has 2 aliphatic rings. The summed E-state index contributed by atoms with van der Waals surface area (Å²) in [4.78, 5) is 66.7. The van der Waals surface area contributed by atoms with E-state index in [0.29, 0.717) is 13.2 Å². The Labute approximate surface area is 337 Å². The molecule has 0 saturated carbocycles. The van der Waals surface area contributed by atoms with Crippen LogP contribution < -0.4 is 27.0 Å². The van der Waals surface area contributed by atoms with Crippen molar-refractivity contribution in [2.75, 3.05) is 65.7 Å². The second kappa shape index (κ2) is 23.4. The van der Waals surface area contributed by atoms with Crippen molar-refractivity contribution in [3.8, 4) is 22.3 Å². The Morgan fingerprint density at radius 2 is 0.828 bits per heavy atom. The summed E-state index contributed by atoms with van der Waals surface area (Å²) >= 11 is 0. The molecule has 6 rings (SSSR count). The molecule has 14 nitrogen and oxygen atoms in total. The number of nitrogens with two attached hydrogens (primary N) is 1. The van der Waals surface area contributed by atoms with Crippen molar-refractivity contribution < 1.29 is 43.3 Å². The van der Waals surface area contributed by atoms with Crippen molar-refractivity contribution in [2.45, 2.75) is 25.7 Å². The molecular weight excluding hydrogens is 743 g/mol. The van der Waals surface area contributed by atoms with Crippen LogP contribution in [0.1, 0.15) is 47.9 Å². The number of Topliss-reactive ketones (excluding diaryl/α,β-unsaturated/α-hetero) is 3. The maximum Gasteiger partial charge on any atom is 0.319 e. The first kappa shape index (κ1) is 44.8. The highest BCUT2D eigenvalue weighted by atomic mass is 16.5. The average molecular weight is 794 g/mol. The first-order chi connectivity index (χ1) is 28.0. The molecule has 58 heavy (non-hydrogen) atoms. The molecule has 0 aliphatic heterocycles. The van der Waals surface area contributed by atoms with Gasteiger partial charge in [0.2, 0.25) is 0 Å². The Hall–Kier alpha value is -5.90. The minimum absolute atomic E-state index is 0.0193. The number of ketones is 3. The molecule has 0 bridgehead atoms. The fourth-order valence-electron chi connectivity index (χ4n) is 6.60. The highest BCUT2D eigenvalue weighted by Gasteiger charge is 2.30. The molecule has 0 aromatic heterocycles. The van der Waals surface area contributed by atoms with E-state index in [9.17, 15) is 28.8 Å². The van der Waals surface area contributed by atoms with E-state index in [1.54, 1.807) is 0 Å². The van der Waals surface area contributed by atoms with Crippen molar-refractivity contribution in [2.24, 2.45) is 5.73 Å². The van der Waals surface area contributed by atoms with Crippen LogP contribution in [0.3, 0.4) is 0 Å². The molecule has 0 unspecified atom stereocenters. The summed E-state index contributed by atoms with van der Waals surface area (Å²) in [6.07, 6.45) is 0. The molecule has 14 heteroatoms. The molecule has 0 saturated heterocycles. The van der Waals surface area contributed by atoms with E-state index < -0.39 is 17.9 Å². The molecule has 306 valence electrons. The summed E-state index contributed by atoms with van der Waals surface area (Å²) in [6, 6.07) is 32.5. The summed E-state index contributed by atoms with van der Waals surface area (Å²) < 4.78 is 10.8. The fourth-order valence-corrected chi connectivity index (χ4v) is 6.60. The van der Waals surface area contributed by atoms with Gasteiger partial charge in [-0.2, -0.15) is 0 Å².